The third-order valence-corrected chi connectivity index (χ3v) is 3.90. The highest BCUT2D eigenvalue weighted by atomic mass is 16.2. The van der Waals surface area contributed by atoms with Gasteiger partial charge in [0.05, 0.1) is 5.56 Å². The molecule has 146 valence electrons. The molecule has 0 fully saturated rings. The van der Waals surface area contributed by atoms with Crippen molar-refractivity contribution in [3.63, 3.8) is 0 Å². The number of ketones is 1. The van der Waals surface area contributed by atoms with Crippen molar-refractivity contribution in [3.8, 4) is 0 Å². The molecule has 1 aromatic heterocycles. The van der Waals surface area contributed by atoms with E-state index in [-0.39, 0.29) is 23.2 Å². The van der Waals surface area contributed by atoms with Crippen LogP contribution in [0, 0.1) is 0 Å². The molecule has 0 aliphatic rings. The molecule has 29 heavy (non-hydrogen) atoms. The van der Waals surface area contributed by atoms with Crippen molar-refractivity contribution >= 4 is 40.6 Å². The summed E-state index contributed by atoms with van der Waals surface area (Å²) < 4.78 is 0. The number of Topliss-reactive ketones (excluding diaryl/α,β-unsaturated/α-hetero) is 1. The van der Waals surface area contributed by atoms with Gasteiger partial charge in [0.2, 0.25) is 11.9 Å². The second kappa shape index (κ2) is 8.75. The number of nitrogens with zero attached hydrogens (tertiary/aromatic N) is 2. The molecule has 0 saturated heterocycles. The number of hydrogen-bond acceptors (Lipinski definition) is 6. The first-order valence-electron chi connectivity index (χ1n) is 8.80. The maximum absolute atomic E-state index is 12.3. The fourth-order valence-electron chi connectivity index (χ4n) is 2.51. The summed E-state index contributed by atoms with van der Waals surface area (Å²) in [5.74, 6) is -0.251. The first-order valence-corrected chi connectivity index (χ1v) is 8.80. The highest BCUT2D eigenvalue weighted by Crippen LogP contribution is 2.18. The highest BCUT2D eigenvalue weighted by molar-refractivity contribution is 6.04. The van der Waals surface area contributed by atoms with Gasteiger partial charge in [-0.25, -0.2) is 9.97 Å². The third-order valence-electron chi connectivity index (χ3n) is 3.90. The van der Waals surface area contributed by atoms with Gasteiger partial charge in [0, 0.05) is 41.9 Å². The van der Waals surface area contributed by atoms with Gasteiger partial charge in [-0.1, -0.05) is 6.07 Å². The van der Waals surface area contributed by atoms with Gasteiger partial charge in [0.25, 0.3) is 5.91 Å². The summed E-state index contributed by atoms with van der Waals surface area (Å²) in [4.78, 5) is 43.1. The van der Waals surface area contributed by atoms with Crippen LogP contribution >= 0.6 is 0 Å². The van der Waals surface area contributed by atoms with Crippen LogP contribution in [-0.4, -0.2) is 27.6 Å². The second-order valence-electron chi connectivity index (χ2n) is 6.27. The summed E-state index contributed by atoms with van der Waals surface area (Å²) >= 11 is 0. The summed E-state index contributed by atoms with van der Waals surface area (Å²) in [5.41, 5.74) is 2.77. The number of nitrogens with one attached hydrogen (secondary N) is 3. The Bertz CT molecular complexity index is 1050. The van der Waals surface area contributed by atoms with E-state index in [1.165, 1.54) is 26.2 Å². The predicted molar refractivity (Wildman–Crippen MR) is 110 cm³/mol. The highest BCUT2D eigenvalue weighted by Gasteiger charge is 2.09. The molecule has 8 heteroatoms. The number of aromatic nitrogens is 2. The summed E-state index contributed by atoms with van der Waals surface area (Å²) in [7, 11) is 0. The maximum Gasteiger partial charge on any atom is 0.258 e. The molecule has 0 radical (unpaired) electrons. The molecule has 3 rings (SSSR count). The minimum atomic E-state index is -0.361. The standard InChI is InChI=1S/C21H19N5O3/c1-13(27)15-6-8-17(9-7-15)25-20(29)16-11-22-21(23-12-16)26-19-5-3-4-18(10-19)24-14(2)28/h3-12H,1-2H3,(H,24,28)(H,25,29)(H,22,23,26). The van der Waals surface area contributed by atoms with Gasteiger partial charge < -0.3 is 16.0 Å². The smallest absolute Gasteiger partial charge is 0.258 e. The van der Waals surface area contributed by atoms with E-state index < -0.39 is 0 Å². The molecular weight excluding hydrogens is 370 g/mol. The molecule has 0 aliphatic carbocycles. The molecule has 2 aromatic carbocycles. The van der Waals surface area contributed by atoms with Gasteiger partial charge in [0.1, 0.15) is 0 Å². The number of hydrogen-bond donors (Lipinski definition) is 3. The largest absolute Gasteiger partial charge is 0.326 e. The normalized spacial score (nSPS) is 10.1. The first kappa shape index (κ1) is 19.7. The van der Waals surface area contributed by atoms with Crippen molar-refractivity contribution in [2.24, 2.45) is 0 Å². The molecule has 0 aliphatic heterocycles. The number of carbonyl (C=O) groups excluding carboxylic acids is 3. The van der Waals surface area contributed by atoms with Gasteiger partial charge in [-0.05, 0) is 49.4 Å². The van der Waals surface area contributed by atoms with Gasteiger partial charge in [-0.3, -0.25) is 14.4 Å². The molecule has 1 heterocycles. The fourth-order valence-corrected chi connectivity index (χ4v) is 2.51. The Balaban J connectivity index is 1.64. The Labute approximate surface area is 167 Å². The fraction of sp³-hybridized carbons (Fsp3) is 0.0952. The van der Waals surface area contributed by atoms with Crippen LogP contribution in [0.5, 0.6) is 0 Å². The SMILES string of the molecule is CC(=O)Nc1cccc(Nc2ncc(C(=O)Nc3ccc(C(C)=O)cc3)cn2)c1. The molecule has 0 atom stereocenters. The predicted octanol–water partition coefficient (Wildman–Crippen LogP) is 3.63. The lowest BCUT2D eigenvalue weighted by Gasteiger charge is -2.08. The molecule has 0 unspecified atom stereocenters. The van der Waals surface area contributed by atoms with Crippen LogP contribution in [0.15, 0.2) is 60.9 Å². The molecule has 3 N–H and O–H groups in total. The maximum atomic E-state index is 12.3. The summed E-state index contributed by atoms with van der Waals surface area (Å²) in [6, 6.07) is 13.7. The number of rotatable bonds is 6. The van der Waals surface area contributed by atoms with Crippen molar-refractivity contribution < 1.29 is 14.4 Å². The number of amides is 2. The Hall–Kier alpha value is -4.07. The van der Waals surface area contributed by atoms with E-state index >= 15 is 0 Å². The molecule has 0 saturated carbocycles. The quantitative estimate of drug-likeness (QED) is 0.555. The van der Waals surface area contributed by atoms with E-state index in [1.54, 1.807) is 48.5 Å². The van der Waals surface area contributed by atoms with E-state index in [0.717, 1.165) is 0 Å². The zero-order valence-corrected chi connectivity index (χ0v) is 15.9. The van der Waals surface area contributed by atoms with Gasteiger partial charge in [0.15, 0.2) is 5.78 Å². The first-order chi connectivity index (χ1) is 13.9. The van der Waals surface area contributed by atoms with Crippen LogP contribution in [0.2, 0.25) is 0 Å². The van der Waals surface area contributed by atoms with Crippen LogP contribution in [-0.2, 0) is 4.79 Å². The topological polar surface area (TPSA) is 113 Å². The Morgan fingerprint density at radius 2 is 1.41 bits per heavy atom. The number of benzene rings is 2. The Morgan fingerprint density at radius 1 is 0.759 bits per heavy atom. The zero-order valence-electron chi connectivity index (χ0n) is 15.9. The lowest BCUT2D eigenvalue weighted by atomic mass is 10.1. The van der Waals surface area contributed by atoms with Gasteiger partial charge in [-0.15, -0.1) is 0 Å². The average molecular weight is 389 g/mol. The van der Waals surface area contributed by atoms with Crippen molar-refractivity contribution in [1.82, 2.24) is 9.97 Å². The van der Waals surface area contributed by atoms with Gasteiger partial charge >= 0.3 is 0 Å². The molecule has 8 nitrogen and oxygen atoms in total. The number of carbonyl (C=O) groups is 3. The van der Waals surface area contributed by atoms with Crippen LogP contribution in [0.3, 0.4) is 0 Å². The van der Waals surface area contributed by atoms with E-state index in [0.29, 0.717) is 28.6 Å². The number of anilines is 4. The second-order valence-corrected chi connectivity index (χ2v) is 6.27. The monoisotopic (exact) mass is 389 g/mol. The molecule has 0 spiro atoms. The lowest BCUT2D eigenvalue weighted by molar-refractivity contribution is -0.114. The van der Waals surface area contributed by atoms with E-state index in [1.807, 2.05) is 0 Å². The minimum absolute atomic E-state index is 0.0398. The van der Waals surface area contributed by atoms with E-state index in [4.69, 9.17) is 0 Å². The van der Waals surface area contributed by atoms with E-state index in [9.17, 15) is 14.4 Å². The van der Waals surface area contributed by atoms with Crippen LogP contribution in [0.1, 0.15) is 34.6 Å². The molecule has 0 bridgehead atoms. The lowest BCUT2D eigenvalue weighted by Crippen LogP contribution is -2.13. The Kier molecular flexibility index (Phi) is 5.94. The molecule has 3 aromatic rings. The van der Waals surface area contributed by atoms with Crippen molar-refractivity contribution in [3.05, 3.63) is 72.1 Å². The van der Waals surface area contributed by atoms with Crippen molar-refractivity contribution in [2.45, 2.75) is 13.8 Å². The Morgan fingerprint density at radius 3 is 2.03 bits per heavy atom. The van der Waals surface area contributed by atoms with Crippen LogP contribution in [0.25, 0.3) is 0 Å². The van der Waals surface area contributed by atoms with Crippen LogP contribution in [0.4, 0.5) is 23.0 Å². The minimum Gasteiger partial charge on any atom is -0.326 e. The third kappa shape index (κ3) is 5.46. The molecule has 2 amide bonds. The zero-order chi connectivity index (χ0) is 20.8. The summed E-state index contributed by atoms with van der Waals surface area (Å²) in [5, 5.41) is 8.44. The van der Waals surface area contributed by atoms with E-state index in [2.05, 4.69) is 25.9 Å². The molecular formula is C21H19N5O3. The van der Waals surface area contributed by atoms with Crippen LogP contribution < -0.4 is 16.0 Å². The summed E-state index contributed by atoms with van der Waals surface area (Å²) in [6.45, 7) is 2.92. The van der Waals surface area contributed by atoms with Gasteiger partial charge in [-0.2, -0.15) is 0 Å². The summed E-state index contributed by atoms with van der Waals surface area (Å²) in [6.07, 6.45) is 2.82. The van der Waals surface area contributed by atoms with Crippen molar-refractivity contribution in [1.29, 1.82) is 0 Å². The average Bonchev–Trinajstić information content (AvgIpc) is 2.68. The van der Waals surface area contributed by atoms with Crippen molar-refractivity contribution in [2.75, 3.05) is 16.0 Å².